The fraction of sp³-hybridized carbons (Fsp3) is 0.185. The Morgan fingerprint density at radius 1 is 0.750 bits per heavy atom. The van der Waals surface area contributed by atoms with Crippen LogP contribution in [-0.2, 0) is 20.7 Å². The molecule has 1 fully saturated rings. The zero-order valence-electron chi connectivity index (χ0n) is 17.8. The van der Waals surface area contributed by atoms with Crippen LogP contribution < -0.4 is 0 Å². The maximum atomic E-state index is 6.60. The van der Waals surface area contributed by atoms with Gasteiger partial charge in [0, 0.05) is 6.21 Å². The number of hydrogen-bond acceptors (Lipinski definition) is 4. The van der Waals surface area contributed by atoms with Crippen molar-refractivity contribution < 1.29 is 9.47 Å². The van der Waals surface area contributed by atoms with E-state index in [-0.39, 0.29) is 0 Å². The van der Waals surface area contributed by atoms with Gasteiger partial charge in [0.2, 0.25) is 5.79 Å². The summed E-state index contributed by atoms with van der Waals surface area (Å²) in [5, 5.41) is 4.88. The normalized spacial score (nSPS) is 18.0. The van der Waals surface area contributed by atoms with E-state index in [1.807, 2.05) is 84.6 Å². The lowest BCUT2D eigenvalue weighted by molar-refractivity contribution is -0.191. The number of para-hydroxylation sites is 1. The maximum Gasteiger partial charge on any atom is 0.220 e. The lowest BCUT2D eigenvalue weighted by Crippen LogP contribution is -2.54. The lowest BCUT2D eigenvalue weighted by Gasteiger charge is -2.47. The zero-order chi connectivity index (χ0) is 21.6. The zero-order valence-corrected chi connectivity index (χ0v) is 17.8. The summed E-state index contributed by atoms with van der Waals surface area (Å²) in [6.45, 7) is 3.02. The van der Waals surface area contributed by atoms with E-state index in [2.05, 4.69) is 24.3 Å². The molecule has 158 valence electrons. The standard InChI is InChI=1S/C27H23N3O2/c1-20-24-25(30(29-20)23-15-9-4-10-16-23)28-19-26(21-11-5-2-6-12-21,22-13-7-3-8-14-22)27(24)31-17-18-32-27/h2-16,19H,17-18H2,1H3. The molecule has 1 aromatic heterocycles. The maximum absolute atomic E-state index is 6.60. The molecule has 0 unspecified atom stereocenters. The third-order valence-corrected chi connectivity index (χ3v) is 6.42. The number of nitrogens with zero attached hydrogens (tertiary/aromatic N) is 3. The molecular weight excluding hydrogens is 398 g/mol. The summed E-state index contributed by atoms with van der Waals surface area (Å²) < 4.78 is 15.1. The quantitative estimate of drug-likeness (QED) is 0.463. The number of fused-ring (bicyclic) bond motifs is 2. The number of rotatable bonds is 3. The topological polar surface area (TPSA) is 48.6 Å². The predicted molar refractivity (Wildman–Crippen MR) is 124 cm³/mol. The largest absolute Gasteiger partial charge is 0.342 e. The van der Waals surface area contributed by atoms with Gasteiger partial charge in [0.1, 0.15) is 5.41 Å². The van der Waals surface area contributed by atoms with Gasteiger partial charge in [-0.3, -0.25) is 0 Å². The molecule has 0 N–H and O–H groups in total. The molecule has 2 aliphatic rings. The van der Waals surface area contributed by atoms with Crippen molar-refractivity contribution in [2.45, 2.75) is 18.1 Å². The van der Waals surface area contributed by atoms with Crippen LogP contribution in [-0.4, -0.2) is 29.2 Å². The lowest BCUT2D eigenvalue weighted by atomic mass is 9.65. The van der Waals surface area contributed by atoms with E-state index in [0.29, 0.717) is 13.2 Å². The Morgan fingerprint density at radius 2 is 1.28 bits per heavy atom. The van der Waals surface area contributed by atoms with Crippen molar-refractivity contribution in [1.82, 2.24) is 9.78 Å². The van der Waals surface area contributed by atoms with Gasteiger partial charge in [0.15, 0.2) is 5.82 Å². The summed E-state index contributed by atoms with van der Waals surface area (Å²) in [6.07, 6.45) is 1.99. The van der Waals surface area contributed by atoms with Crippen molar-refractivity contribution >= 4 is 12.0 Å². The third-order valence-electron chi connectivity index (χ3n) is 6.42. The molecule has 6 rings (SSSR count). The van der Waals surface area contributed by atoms with E-state index in [0.717, 1.165) is 33.9 Å². The second kappa shape index (κ2) is 7.26. The number of hydrogen-bond donors (Lipinski definition) is 0. The second-order valence-electron chi connectivity index (χ2n) is 8.14. The van der Waals surface area contributed by atoms with Crippen LogP contribution in [0.2, 0.25) is 0 Å². The Kier molecular flexibility index (Phi) is 4.35. The molecule has 5 heteroatoms. The Morgan fingerprint density at radius 3 is 1.84 bits per heavy atom. The molecule has 0 radical (unpaired) electrons. The predicted octanol–water partition coefficient (Wildman–Crippen LogP) is 5.08. The van der Waals surface area contributed by atoms with Crippen molar-refractivity contribution in [2.75, 3.05) is 13.2 Å². The summed E-state index contributed by atoms with van der Waals surface area (Å²) in [6, 6.07) is 30.8. The minimum absolute atomic E-state index is 0.505. The fourth-order valence-electron chi connectivity index (χ4n) is 5.09. The van der Waals surface area contributed by atoms with Gasteiger partial charge in [-0.2, -0.15) is 5.10 Å². The van der Waals surface area contributed by atoms with E-state index in [4.69, 9.17) is 19.6 Å². The molecule has 2 aliphatic heterocycles. The van der Waals surface area contributed by atoms with E-state index in [1.54, 1.807) is 0 Å². The first-order valence-corrected chi connectivity index (χ1v) is 10.9. The highest BCUT2D eigenvalue weighted by atomic mass is 16.7. The molecule has 0 saturated carbocycles. The molecular formula is C27H23N3O2. The SMILES string of the molecule is Cc1nn(-c2ccccc2)c2c1C1(OCCO1)C(c1ccccc1)(c1ccccc1)C=N2. The minimum Gasteiger partial charge on any atom is -0.342 e. The summed E-state index contributed by atoms with van der Waals surface area (Å²) in [7, 11) is 0. The van der Waals surface area contributed by atoms with Crippen LogP contribution in [0.1, 0.15) is 22.4 Å². The summed E-state index contributed by atoms with van der Waals surface area (Å²) in [5.74, 6) is -0.317. The Labute approximate surface area is 187 Å². The van der Waals surface area contributed by atoms with Gasteiger partial charge in [0.05, 0.1) is 30.2 Å². The molecule has 0 amide bonds. The first kappa shape index (κ1) is 19.2. The van der Waals surface area contributed by atoms with Crippen LogP contribution >= 0.6 is 0 Å². The first-order valence-electron chi connectivity index (χ1n) is 10.9. The van der Waals surface area contributed by atoms with E-state index in [9.17, 15) is 0 Å². The van der Waals surface area contributed by atoms with Gasteiger partial charge in [0.25, 0.3) is 0 Å². The van der Waals surface area contributed by atoms with Crippen LogP contribution in [0.5, 0.6) is 0 Å². The summed E-state index contributed by atoms with van der Waals surface area (Å²) >= 11 is 0. The van der Waals surface area contributed by atoms with Gasteiger partial charge in [-0.05, 0) is 30.2 Å². The molecule has 5 nitrogen and oxygen atoms in total. The van der Waals surface area contributed by atoms with Gasteiger partial charge >= 0.3 is 0 Å². The third kappa shape index (κ3) is 2.52. The molecule has 0 bridgehead atoms. The molecule has 1 spiro atoms. The van der Waals surface area contributed by atoms with Crippen molar-refractivity contribution in [1.29, 1.82) is 0 Å². The van der Waals surface area contributed by atoms with Gasteiger partial charge in [-0.1, -0.05) is 78.9 Å². The molecule has 1 saturated heterocycles. The summed E-state index contributed by atoms with van der Waals surface area (Å²) in [4.78, 5) is 5.03. The van der Waals surface area contributed by atoms with Crippen molar-refractivity contribution in [2.24, 2.45) is 4.99 Å². The molecule has 0 atom stereocenters. The number of aryl methyl sites for hydroxylation is 1. The molecule has 32 heavy (non-hydrogen) atoms. The molecule has 0 aliphatic carbocycles. The monoisotopic (exact) mass is 421 g/mol. The first-order chi connectivity index (χ1) is 15.8. The second-order valence-corrected chi connectivity index (χ2v) is 8.14. The highest BCUT2D eigenvalue weighted by Crippen LogP contribution is 2.57. The minimum atomic E-state index is -1.07. The van der Waals surface area contributed by atoms with Crippen LogP contribution in [0.25, 0.3) is 5.69 Å². The van der Waals surface area contributed by atoms with Gasteiger partial charge in [-0.15, -0.1) is 0 Å². The molecule has 3 heterocycles. The highest BCUT2D eigenvalue weighted by Gasteiger charge is 2.62. The average Bonchev–Trinajstić information content (AvgIpc) is 3.47. The van der Waals surface area contributed by atoms with Gasteiger partial charge in [-0.25, -0.2) is 9.67 Å². The van der Waals surface area contributed by atoms with Crippen LogP contribution in [0, 0.1) is 6.92 Å². The van der Waals surface area contributed by atoms with Gasteiger partial charge < -0.3 is 9.47 Å². The van der Waals surface area contributed by atoms with E-state index >= 15 is 0 Å². The fourth-order valence-corrected chi connectivity index (χ4v) is 5.09. The number of aliphatic imine (C=N–C) groups is 1. The Bertz CT molecular complexity index is 1240. The number of ether oxygens (including phenoxy) is 2. The van der Waals surface area contributed by atoms with Crippen LogP contribution in [0.15, 0.2) is 96.0 Å². The van der Waals surface area contributed by atoms with Crippen molar-refractivity contribution in [3.63, 3.8) is 0 Å². The number of benzene rings is 3. The molecule has 4 aromatic rings. The van der Waals surface area contributed by atoms with Crippen molar-refractivity contribution in [3.8, 4) is 5.69 Å². The Hall–Kier alpha value is -3.54. The van der Waals surface area contributed by atoms with E-state index < -0.39 is 11.2 Å². The average molecular weight is 422 g/mol. The van der Waals surface area contributed by atoms with Crippen molar-refractivity contribution in [3.05, 3.63) is 113 Å². The number of aromatic nitrogens is 2. The highest BCUT2D eigenvalue weighted by molar-refractivity contribution is 5.87. The van der Waals surface area contributed by atoms with E-state index in [1.165, 1.54) is 0 Å². The molecule has 3 aromatic carbocycles. The van der Waals surface area contributed by atoms with Crippen LogP contribution in [0.3, 0.4) is 0 Å². The smallest absolute Gasteiger partial charge is 0.220 e. The Balaban J connectivity index is 1.69. The van der Waals surface area contributed by atoms with Crippen LogP contribution in [0.4, 0.5) is 5.82 Å². The summed E-state index contributed by atoms with van der Waals surface area (Å²) in [5.41, 5.74) is 4.06.